The molecule has 0 N–H and O–H groups in total. The van der Waals surface area contributed by atoms with Gasteiger partial charge in [0.15, 0.2) is 0 Å². The number of rotatable bonds is 5. The van der Waals surface area contributed by atoms with E-state index in [4.69, 9.17) is 21.1 Å². The van der Waals surface area contributed by atoms with Crippen molar-refractivity contribution in [1.82, 2.24) is 9.88 Å². The van der Waals surface area contributed by atoms with Gasteiger partial charge in [-0.1, -0.05) is 11.6 Å². The SMILES string of the molecule is CC(C)(C)OC(=O)[C@H](CN1CCCC1)Oc1cnc(Cl)c(Br)c1. The number of likely N-dealkylation sites (tertiary alicyclic amines) is 1. The van der Waals surface area contributed by atoms with Crippen LogP contribution in [0, 0.1) is 0 Å². The average Bonchev–Trinajstić information content (AvgIpc) is 2.93. The summed E-state index contributed by atoms with van der Waals surface area (Å²) in [4.78, 5) is 18.7. The molecular weight excluding hydrogens is 384 g/mol. The maximum atomic E-state index is 12.5. The van der Waals surface area contributed by atoms with Crippen molar-refractivity contribution in [3.63, 3.8) is 0 Å². The van der Waals surface area contributed by atoms with Crippen molar-refractivity contribution in [1.29, 1.82) is 0 Å². The van der Waals surface area contributed by atoms with Crippen molar-refractivity contribution in [3.8, 4) is 5.75 Å². The van der Waals surface area contributed by atoms with E-state index in [2.05, 4.69) is 25.8 Å². The van der Waals surface area contributed by atoms with Crippen molar-refractivity contribution >= 4 is 33.5 Å². The maximum Gasteiger partial charge on any atom is 0.349 e. The van der Waals surface area contributed by atoms with Crippen LogP contribution in [-0.2, 0) is 9.53 Å². The number of hydrogen-bond acceptors (Lipinski definition) is 5. The molecule has 0 radical (unpaired) electrons. The summed E-state index contributed by atoms with van der Waals surface area (Å²) in [6.45, 7) is 8.00. The molecule has 1 aromatic rings. The van der Waals surface area contributed by atoms with Crippen molar-refractivity contribution < 1.29 is 14.3 Å². The quantitative estimate of drug-likeness (QED) is 0.552. The predicted molar refractivity (Wildman–Crippen MR) is 92.9 cm³/mol. The number of esters is 1. The fourth-order valence-electron chi connectivity index (χ4n) is 2.36. The Kier molecular flexibility index (Phi) is 6.28. The highest BCUT2D eigenvalue weighted by Crippen LogP contribution is 2.25. The van der Waals surface area contributed by atoms with E-state index < -0.39 is 11.7 Å². The Balaban J connectivity index is 2.10. The fourth-order valence-corrected chi connectivity index (χ4v) is 2.79. The molecule has 23 heavy (non-hydrogen) atoms. The van der Waals surface area contributed by atoms with Crippen molar-refractivity contribution in [3.05, 3.63) is 21.9 Å². The molecule has 1 aliphatic rings. The maximum absolute atomic E-state index is 12.5. The summed E-state index contributed by atoms with van der Waals surface area (Å²) in [7, 11) is 0. The molecule has 0 amide bonds. The van der Waals surface area contributed by atoms with Crippen LogP contribution in [0.1, 0.15) is 33.6 Å². The van der Waals surface area contributed by atoms with Gasteiger partial charge in [0.2, 0.25) is 6.10 Å². The van der Waals surface area contributed by atoms with Crippen LogP contribution in [0.5, 0.6) is 5.75 Å². The molecule has 1 aliphatic heterocycles. The lowest BCUT2D eigenvalue weighted by molar-refractivity contribution is -0.164. The van der Waals surface area contributed by atoms with E-state index in [9.17, 15) is 4.79 Å². The third kappa shape index (κ3) is 5.94. The molecule has 2 heterocycles. The molecule has 0 aliphatic carbocycles. The van der Waals surface area contributed by atoms with E-state index in [0.717, 1.165) is 25.9 Å². The standard InChI is InChI=1S/C16H22BrClN2O3/c1-16(2,3)23-15(21)13(10-20-6-4-5-7-20)22-11-8-12(17)14(18)19-9-11/h8-9,13H,4-7,10H2,1-3H3/t13-/m0/s1. The summed E-state index contributed by atoms with van der Waals surface area (Å²) in [5, 5.41) is 0.353. The second-order valence-corrected chi connectivity index (χ2v) is 7.80. The van der Waals surface area contributed by atoms with Gasteiger partial charge in [-0.15, -0.1) is 0 Å². The highest BCUT2D eigenvalue weighted by Gasteiger charge is 2.30. The van der Waals surface area contributed by atoms with Gasteiger partial charge in [-0.05, 0) is 68.7 Å². The Morgan fingerprint density at radius 1 is 1.43 bits per heavy atom. The molecule has 1 aromatic heterocycles. The molecular formula is C16H22BrClN2O3. The molecule has 0 aromatic carbocycles. The van der Waals surface area contributed by atoms with E-state index >= 15 is 0 Å². The minimum atomic E-state index is -0.692. The van der Waals surface area contributed by atoms with Crippen LogP contribution in [0.15, 0.2) is 16.7 Å². The van der Waals surface area contributed by atoms with Crippen LogP contribution in [-0.4, -0.2) is 47.2 Å². The molecule has 5 nitrogen and oxygen atoms in total. The van der Waals surface area contributed by atoms with Crippen molar-refractivity contribution in [2.45, 2.75) is 45.3 Å². The summed E-state index contributed by atoms with van der Waals surface area (Å²) in [5.41, 5.74) is -0.553. The van der Waals surface area contributed by atoms with Crippen LogP contribution >= 0.6 is 27.5 Å². The van der Waals surface area contributed by atoms with Crippen molar-refractivity contribution in [2.24, 2.45) is 0 Å². The number of hydrogen-bond donors (Lipinski definition) is 0. The first kappa shape index (κ1) is 18.5. The molecule has 0 spiro atoms. The molecule has 1 fully saturated rings. The molecule has 0 unspecified atom stereocenters. The minimum absolute atomic E-state index is 0.353. The lowest BCUT2D eigenvalue weighted by atomic mass is 10.2. The second-order valence-electron chi connectivity index (χ2n) is 6.59. The number of pyridine rings is 1. The zero-order valence-corrected chi connectivity index (χ0v) is 16.0. The number of aromatic nitrogens is 1. The van der Waals surface area contributed by atoms with Crippen LogP contribution < -0.4 is 4.74 Å². The van der Waals surface area contributed by atoms with Crippen LogP contribution in [0.2, 0.25) is 5.15 Å². The monoisotopic (exact) mass is 404 g/mol. The van der Waals surface area contributed by atoms with Gasteiger partial charge in [-0.25, -0.2) is 9.78 Å². The van der Waals surface area contributed by atoms with E-state index in [1.807, 2.05) is 20.8 Å². The minimum Gasteiger partial charge on any atom is -0.476 e. The van der Waals surface area contributed by atoms with Gasteiger partial charge in [0.1, 0.15) is 16.5 Å². The second kappa shape index (κ2) is 7.81. The third-order valence-electron chi connectivity index (χ3n) is 3.34. The smallest absolute Gasteiger partial charge is 0.349 e. The summed E-state index contributed by atoms with van der Waals surface area (Å²) in [6.07, 6.45) is 3.11. The molecule has 0 saturated carbocycles. The van der Waals surface area contributed by atoms with Gasteiger partial charge >= 0.3 is 5.97 Å². The van der Waals surface area contributed by atoms with Gasteiger partial charge < -0.3 is 9.47 Å². The number of carbonyl (C=O) groups excluding carboxylic acids is 1. The van der Waals surface area contributed by atoms with E-state index in [-0.39, 0.29) is 5.97 Å². The first-order valence-electron chi connectivity index (χ1n) is 7.67. The Hall–Kier alpha value is -0.850. The molecule has 2 rings (SSSR count). The van der Waals surface area contributed by atoms with E-state index in [1.54, 1.807) is 6.07 Å². The molecule has 1 atom stereocenters. The van der Waals surface area contributed by atoms with Crippen LogP contribution in [0.25, 0.3) is 0 Å². The Labute approximate surface area is 150 Å². The van der Waals surface area contributed by atoms with Crippen LogP contribution in [0.4, 0.5) is 0 Å². The first-order valence-corrected chi connectivity index (χ1v) is 8.84. The number of nitrogens with zero attached hydrogens (tertiary/aromatic N) is 2. The number of ether oxygens (including phenoxy) is 2. The number of carbonyl (C=O) groups is 1. The average molecular weight is 406 g/mol. The van der Waals surface area contributed by atoms with Gasteiger partial charge in [0, 0.05) is 6.54 Å². The lowest BCUT2D eigenvalue weighted by Gasteiger charge is -2.27. The summed E-state index contributed by atoms with van der Waals surface area (Å²) in [5.74, 6) is 0.117. The molecule has 1 saturated heterocycles. The molecule has 0 bridgehead atoms. The van der Waals surface area contributed by atoms with E-state index in [0.29, 0.717) is 21.9 Å². The Morgan fingerprint density at radius 2 is 2.09 bits per heavy atom. The van der Waals surface area contributed by atoms with Crippen LogP contribution in [0.3, 0.4) is 0 Å². The highest BCUT2D eigenvalue weighted by atomic mass is 79.9. The number of halogens is 2. The third-order valence-corrected chi connectivity index (χ3v) is 4.48. The summed E-state index contributed by atoms with van der Waals surface area (Å²) in [6, 6.07) is 1.71. The molecule has 128 valence electrons. The van der Waals surface area contributed by atoms with Gasteiger partial charge in [-0.2, -0.15) is 0 Å². The largest absolute Gasteiger partial charge is 0.476 e. The van der Waals surface area contributed by atoms with Gasteiger partial charge in [0.05, 0.1) is 10.7 Å². The topological polar surface area (TPSA) is 51.7 Å². The Bertz CT molecular complexity index is 557. The fraction of sp³-hybridized carbons (Fsp3) is 0.625. The Morgan fingerprint density at radius 3 is 2.65 bits per heavy atom. The molecule has 7 heteroatoms. The highest BCUT2D eigenvalue weighted by molar-refractivity contribution is 9.10. The van der Waals surface area contributed by atoms with E-state index in [1.165, 1.54) is 6.20 Å². The van der Waals surface area contributed by atoms with Gasteiger partial charge in [-0.3, -0.25) is 4.90 Å². The zero-order chi connectivity index (χ0) is 17.0. The predicted octanol–water partition coefficient (Wildman–Crippen LogP) is 3.68. The summed E-state index contributed by atoms with van der Waals surface area (Å²) < 4.78 is 12.0. The zero-order valence-electron chi connectivity index (χ0n) is 13.6. The first-order chi connectivity index (χ1) is 10.7. The van der Waals surface area contributed by atoms with Gasteiger partial charge in [0.25, 0.3) is 0 Å². The van der Waals surface area contributed by atoms with Crippen molar-refractivity contribution in [2.75, 3.05) is 19.6 Å². The summed E-state index contributed by atoms with van der Waals surface area (Å²) >= 11 is 9.20. The lowest BCUT2D eigenvalue weighted by Crippen LogP contribution is -2.43. The normalized spacial score (nSPS) is 17.1.